The lowest BCUT2D eigenvalue weighted by molar-refractivity contribution is -0.124. The van der Waals surface area contributed by atoms with Crippen molar-refractivity contribution in [2.24, 2.45) is 11.8 Å². The summed E-state index contributed by atoms with van der Waals surface area (Å²) in [6.07, 6.45) is 0.443. The number of methoxy groups -OCH3 is 1. The number of carbonyl (C=O) groups is 2. The number of likely N-dealkylation sites (tertiary alicyclic amines) is 1. The minimum atomic E-state index is -1.50. The van der Waals surface area contributed by atoms with Gasteiger partial charge in [0.25, 0.3) is 5.91 Å². The van der Waals surface area contributed by atoms with Gasteiger partial charge in [0.2, 0.25) is 11.7 Å². The van der Waals surface area contributed by atoms with E-state index >= 15 is 0 Å². The van der Waals surface area contributed by atoms with Gasteiger partial charge in [-0.05, 0) is 36.6 Å². The van der Waals surface area contributed by atoms with E-state index in [4.69, 9.17) is 0 Å². The van der Waals surface area contributed by atoms with Crippen molar-refractivity contribution in [2.45, 2.75) is 6.42 Å². The van der Waals surface area contributed by atoms with E-state index in [-0.39, 0.29) is 24.9 Å². The molecule has 2 amide bonds. The number of halogens is 4. The van der Waals surface area contributed by atoms with Crippen LogP contribution in [0.5, 0.6) is 5.75 Å². The molecule has 2 atom stereocenters. The van der Waals surface area contributed by atoms with Crippen molar-refractivity contribution in [3.8, 4) is 5.75 Å². The van der Waals surface area contributed by atoms with Gasteiger partial charge in [-0.25, -0.2) is 13.2 Å². The van der Waals surface area contributed by atoms with Crippen molar-refractivity contribution in [3.05, 3.63) is 59.2 Å². The molecule has 0 saturated carbocycles. The molecule has 5 nitrogen and oxygen atoms in total. The molecule has 2 aliphatic rings. The number of fused-ring (bicyclic) bond motifs is 1. The number of hydrogen-bond donors (Lipinski definition) is 0. The minimum absolute atomic E-state index is 0.0701. The highest BCUT2D eigenvalue weighted by atomic mass is 19.2. The van der Waals surface area contributed by atoms with E-state index in [1.54, 1.807) is 0 Å². The van der Waals surface area contributed by atoms with Crippen molar-refractivity contribution < 1.29 is 31.9 Å². The Morgan fingerprint density at radius 2 is 1.77 bits per heavy atom. The number of nitrogens with zero attached hydrogens (tertiary/aromatic N) is 2. The Balaban J connectivity index is 1.56. The van der Waals surface area contributed by atoms with E-state index < -0.39 is 46.5 Å². The molecular formula is C21H18F4N2O3. The van der Waals surface area contributed by atoms with Gasteiger partial charge >= 0.3 is 0 Å². The molecule has 2 aromatic rings. The Bertz CT molecular complexity index is 1010. The molecule has 0 bridgehead atoms. The van der Waals surface area contributed by atoms with E-state index in [2.05, 4.69) is 4.74 Å². The fourth-order valence-electron chi connectivity index (χ4n) is 4.18. The maximum atomic E-state index is 14.5. The predicted octanol–water partition coefficient (Wildman–Crippen LogP) is 3.38. The smallest absolute Gasteiger partial charge is 0.253 e. The largest absolute Gasteiger partial charge is 0.491 e. The fraction of sp³-hybridized carbons (Fsp3) is 0.333. The normalized spacial score (nSPS) is 21.0. The molecular weight excluding hydrogens is 404 g/mol. The first-order valence-corrected chi connectivity index (χ1v) is 9.39. The molecule has 2 aromatic carbocycles. The maximum absolute atomic E-state index is 14.5. The molecule has 0 aliphatic carbocycles. The average molecular weight is 422 g/mol. The summed E-state index contributed by atoms with van der Waals surface area (Å²) < 4.78 is 60.3. The lowest BCUT2D eigenvalue weighted by Gasteiger charge is -2.34. The first-order chi connectivity index (χ1) is 14.3. The first kappa shape index (κ1) is 20.2. The third-order valence-corrected chi connectivity index (χ3v) is 5.72. The molecule has 0 spiro atoms. The number of benzene rings is 2. The van der Waals surface area contributed by atoms with Crippen LogP contribution in [-0.2, 0) is 4.79 Å². The van der Waals surface area contributed by atoms with Crippen LogP contribution in [-0.4, -0.2) is 43.5 Å². The van der Waals surface area contributed by atoms with Gasteiger partial charge in [-0.3, -0.25) is 9.59 Å². The van der Waals surface area contributed by atoms with Crippen LogP contribution < -0.4 is 9.64 Å². The van der Waals surface area contributed by atoms with Crippen molar-refractivity contribution in [2.75, 3.05) is 31.6 Å². The van der Waals surface area contributed by atoms with E-state index in [1.807, 2.05) is 0 Å². The summed E-state index contributed by atoms with van der Waals surface area (Å²) >= 11 is 0. The van der Waals surface area contributed by atoms with Crippen LogP contribution in [0.25, 0.3) is 0 Å². The highest BCUT2D eigenvalue weighted by Gasteiger charge is 2.45. The minimum Gasteiger partial charge on any atom is -0.491 e. The van der Waals surface area contributed by atoms with Crippen LogP contribution in [0, 0.1) is 35.1 Å². The number of piperidine rings is 1. The van der Waals surface area contributed by atoms with Gasteiger partial charge in [-0.15, -0.1) is 0 Å². The number of anilines is 1. The van der Waals surface area contributed by atoms with Gasteiger partial charge in [-0.1, -0.05) is 0 Å². The highest BCUT2D eigenvalue weighted by molar-refractivity contribution is 5.99. The molecule has 9 heteroatoms. The summed E-state index contributed by atoms with van der Waals surface area (Å²) in [6, 6.07) is 5.83. The van der Waals surface area contributed by atoms with E-state index in [0.717, 1.165) is 18.1 Å². The second-order valence-electron chi connectivity index (χ2n) is 7.40. The van der Waals surface area contributed by atoms with E-state index in [9.17, 15) is 27.2 Å². The van der Waals surface area contributed by atoms with Crippen LogP contribution in [0.15, 0.2) is 30.3 Å². The number of ether oxygens (including phenoxy) is 1. The second kappa shape index (κ2) is 7.62. The number of amides is 2. The van der Waals surface area contributed by atoms with Crippen LogP contribution in [0.3, 0.4) is 0 Å². The van der Waals surface area contributed by atoms with Crippen LogP contribution in [0.2, 0.25) is 0 Å². The average Bonchev–Trinajstić information content (AvgIpc) is 3.17. The summed E-state index contributed by atoms with van der Waals surface area (Å²) in [4.78, 5) is 28.2. The molecule has 0 radical (unpaired) electrons. The molecule has 30 heavy (non-hydrogen) atoms. The van der Waals surface area contributed by atoms with Gasteiger partial charge in [0.15, 0.2) is 17.4 Å². The zero-order valence-electron chi connectivity index (χ0n) is 16.0. The number of hydrogen-bond acceptors (Lipinski definition) is 3. The zero-order valence-corrected chi connectivity index (χ0v) is 16.0. The van der Waals surface area contributed by atoms with E-state index in [1.165, 1.54) is 29.2 Å². The Kier molecular flexibility index (Phi) is 5.13. The number of rotatable bonds is 3. The van der Waals surface area contributed by atoms with Crippen LogP contribution >= 0.6 is 0 Å². The first-order valence-electron chi connectivity index (χ1n) is 9.39. The third-order valence-electron chi connectivity index (χ3n) is 5.72. The van der Waals surface area contributed by atoms with Crippen molar-refractivity contribution in [3.63, 3.8) is 0 Å². The number of carbonyl (C=O) groups excluding carboxylic acids is 2. The SMILES string of the molecule is COc1c(F)cc(N2CC[C@H]3CN(C(=O)c4ccc(F)cc4)C[C@H]3C2=O)c(F)c1F. The second-order valence-corrected chi connectivity index (χ2v) is 7.40. The molecule has 2 saturated heterocycles. The summed E-state index contributed by atoms with van der Waals surface area (Å²) in [5.74, 6) is -6.88. The molecule has 0 aromatic heterocycles. The molecule has 2 heterocycles. The highest BCUT2D eigenvalue weighted by Crippen LogP contribution is 2.38. The third kappa shape index (κ3) is 3.28. The fourth-order valence-corrected chi connectivity index (χ4v) is 4.18. The lowest BCUT2D eigenvalue weighted by atomic mass is 9.87. The predicted molar refractivity (Wildman–Crippen MR) is 99.1 cm³/mol. The van der Waals surface area contributed by atoms with Gasteiger partial charge in [0.1, 0.15) is 5.82 Å². The van der Waals surface area contributed by atoms with Crippen LogP contribution in [0.4, 0.5) is 23.2 Å². The Hall–Kier alpha value is -3.10. The molecule has 2 aliphatic heterocycles. The Morgan fingerprint density at radius 1 is 1.07 bits per heavy atom. The summed E-state index contributed by atoms with van der Waals surface area (Å²) in [5.41, 5.74) is -0.192. The van der Waals surface area contributed by atoms with Crippen LogP contribution in [0.1, 0.15) is 16.8 Å². The standard InChI is InChI=1S/C21H18F4N2O3/c1-30-19-15(23)8-16(17(24)18(19)25)27-7-6-12-9-26(10-14(12)21(27)29)20(28)11-2-4-13(22)5-3-11/h2-5,8,12,14H,6-7,9-10H2,1H3/t12-,14+/m0/s1. The zero-order chi connectivity index (χ0) is 21.6. The Labute approximate surface area is 169 Å². The van der Waals surface area contributed by atoms with Crippen molar-refractivity contribution in [1.82, 2.24) is 4.90 Å². The molecule has 2 fully saturated rings. The summed E-state index contributed by atoms with van der Waals surface area (Å²) in [6.45, 7) is 0.494. The summed E-state index contributed by atoms with van der Waals surface area (Å²) in [7, 11) is 1.02. The topological polar surface area (TPSA) is 49.9 Å². The quantitative estimate of drug-likeness (QED) is 0.563. The van der Waals surface area contributed by atoms with Gasteiger partial charge in [0.05, 0.1) is 18.7 Å². The van der Waals surface area contributed by atoms with Crippen molar-refractivity contribution >= 4 is 17.5 Å². The lowest BCUT2D eigenvalue weighted by Crippen LogP contribution is -2.46. The molecule has 4 rings (SSSR count). The van der Waals surface area contributed by atoms with Crippen molar-refractivity contribution in [1.29, 1.82) is 0 Å². The molecule has 0 unspecified atom stereocenters. The monoisotopic (exact) mass is 422 g/mol. The van der Waals surface area contributed by atoms with Gasteiger partial charge < -0.3 is 14.5 Å². The molecule has 0 N–H and O–H groups in total. The van der Waals surface area contributed by atoms with E-state index in [0.29, 0.717) is 18.5 Å². The van der Waals surface area contributed by atoms with Gasteiger partial charge in [-0.2, -0.15) is 4.39 Å². The van der Waals surface area contributed by atoms with Gasteiger partial charge in [0, 0.05) is 31.3 Å². The summed E-state index contributed by atoms with van der Waals surface area (Å²) in [5, 5.41) is 0. The Morgan fingerprint density at radius 3 is 2.43 bits per heavy atom. The molecule has 158 valence electrons. The maximum Gasteiger partial charge on any atom is 0.253 e.